The zero-order valence-electron chi connectivity index (χ0n) is 13.4. The van der Waals surface area contributed by atoms with E-state index in [0.717, 1.165) is 37.5 Å². The van der Waals surface area contributed by atoms with E-state index in [2.05, 4.69) is 22.8 Å². The number of ether oxygens (including phenoxy) is 1. The first-order chi connectivity index (χ1) is 11.2. The minimum Gasteiger partial charge on any atom is -0.381 e. The summed E-state index contributed by atoms with van der Waals surface area (Å²) in [6.07, 6.45) is 5.56. The number of halogens is 1. The third-order valence-corrected chi connectivity index (χ3v) is 5.31. The van der Waals surface area contributed by atoms with E-state index >= 15 is 0 Å². The lowest BCUT2D eigenvalue weighted by Crippen LogP contribution is -2.46. The van der Waals surface area contributed by atoms with Gasteiger partial charge < -0.3 is 10.1 Å². The van der Waals surface area contributed by atoms with Crippen molar-refractivity contribution in [2.24, 2.45) is 5.92 Å². The molecule has 1 saturated carbocycles. The third kappa shape index (κ3) is 4.25. The predicted octanol–water partition coefficient (Wildman–Crippen LogP) is 2.85. The van der Waals surface area contributed by atoms with Crippen molar-refractivity contribution in [1.82, 2.24) is 10.6 Å². The highest BCUT2D eigenvalue weighted by atomic mass is 35.5. The van der Waals surface area contributed by atoms with Crippen LogP contribution in [0.2, 0.25) is 5.02 Å². The summed E-state index contributed by atoms with van der Waals surface area (Å²) in [4.78, 5) is 12.1. The predicted molar refractivity (Wildman–Crippen MR) is 91.5 cm³/mol. The van der Waals surface area contributed by atoms with Gasteiger partial charge in [0.15, 0.2) is 0 Å². The van der Waals surface area contributed by atoms with E-state index in [1.165, 1.54) is 18.4 Å². The summed E-state index contributed by atoms with van der Waals surface area (Å²) >= 11 is 6.00. The number of carbonyl (C=O) groups excluding carboxylic acids is 1. The van der Waals surface area contributed by atoms with Crippen molar-refractivity contribution in [3.05, 3.63) is 34.9 Å². The molecule has 1 heterocycles. The fraction of sp³-hybridized carbons (Fsp3) is 0.611. The minimum absolute atomic E-state index is 0.0668. The van der Waals surface area contributed by atoms with E-state index in [1.54, 1.807) is 0 Å². The molecular formula is C18H25ClN2O2. The third-order valence-electron chi connectivity index (χ3n) is 5.05. The first-order valence-corrected chi connectivity index (χ1v) is 8.91. The van der Waals surface area contributed by atoms with Crippen LogP contribution in [0.3, 0.4) is 0 Å². The molecule has 1 aliphatic carbocycles. The highest BCUT2D eigenvalue weighted by molar-refractivity contribution is 6.30. The first-order valence-electron chi connectivity index (χ1n) is 8.53. The maximum absolute atomic E-state index is 12.1. The summed E-state index contributed by atoms with van der Waals surface area (Å²) in [5.41, 5.74) is 1.15. The van der Waals surface area contributed by atoms with Gasteiger partial charge in [-0.1, -0.05) is 36.6 Å². The Morgan fingerprint density at radius 2 is 2.00 bits per heavy atom. The molecule has 2 aliphatic rings. The molecule has 5 heteroatoms. The Bertz CT molecular complexity index is 520. The van der Waals surface area contributed by atoms with Crippen molar-refractivity contribution in [2.45, 2.75) is 37.6 Å². The standard InChI is InChI=1S/C18H25ClN2O2/c19-16-5-3-15(4-6-16)18(8-1-2-9-18)21-12-17(22)20-11-14-7-10-23-13-14/h3-6,14,21H,1-2,7-13H2,(H,20,22)/t14-/m1/s1. The molecule has 23 heavy (non-hydrogen) atoms. The molecular weight excluding hydrogens is 312 g/mol. The lowest BCUT2D eigenvalue weighted by atomic mass is 9.88. The highest BCUT2D eigenvalue weighted by Gasteiger charge is 2.35. The van der Waals surface area contributed by atoms with Crippen LogP contribution < -0.4 is 10.6 Å². The molecule has 126 valence electrons. The Morgan fingerprint density at radius 3 is 2.65 bits per heavy atom. The molecule has 0 spiro atoms. The molecule has 2 fully saturated rings. The van der Waals surface area contributed by atoms with Crippen LogP contribution >= 0.6 is 11.6 Å². The van der Waals surface area contributed by atoms with Crippen LogP contribution in [0.4, 0.5) is 0 Å². The van der Waals surface area contributed by atoms with Crippen LogP contribution in [0.1, 0.15) is 37.7 Å². The maximum Gasteiger partial charge on any atom is 0.233 e. The number of amides is 1. The summed E-state index contributed by atoms with van der Waals surface area (Å²) in [6, 6.07) is 8.01. The number of hydrogen-bond acceptors (Lipinski definition) is 3. The Hall–Kier alpha value is -1.10. The largest absolute Gasteiger partial charge is 0.381 e. The molecule has 3 rings (SSSR count). The Kier molecular flexibility index (Phi) is 5.57. The van der Waals surface area contributed by atoms with E-state index in [-0.39, 0.29) is 11.4 Å². The van der Waals surface area contributed by atoms with Crippen LogP contribution in [0.5, 0.6) is 0 Å². The van der Waals surface area contributed by atoms with Gasteiger partial charge in [-0.25, -0.2) is 0 Å². The molecule has 1 amide bonds. The Morgan fingerprint density at radius 1 is 1.26 bits per heavy atom. The van der Waals surface area contributed by atoms with Gasteiger partial charge in [-0.05, 0) is 37.0 Å². The normalized spacial score (nSPS) is 23.1. The Balaban J connectivity index is 1.54. The molecule has 1 atom stereocenters. The van der Waals surface area contributed by atoms with Gasteiger partial charge in [0, 0.05) is 29.6 Å². The number of carbonyl (C=O) groups is 1. The smallest absolute Gasteiger partial charge is 0.233 e. The monoisotopic (exact) mass is 336 g/mol. The second kappa shape index (κ2) is 7.65. The second-order valence-electron chi connectivity index (χ2n) is 6.68. The van der Waals surface area contributed by atoms with Crippen molar-refractivity contribution in [1.29, 1.82) is 0 Å². The maximum atomic E-state index is 12.1. The van der Waals surface area contributed by atoms with Crippen molar-refractivity contribution >= 4 is 17.5 Å². The van der Waals surface area contributed by atoms with Crippen LogP contribution in [0, 0.1) is 5.92 Å². The topological polar surface area (TPSA) is 50.4 Å². The second-order valence-corrected chi connectivity index (χ2v) is 7.12. The quantitative estimate of drug-likeness (QED) is 0.840. The van der Waals surface area contributed by atoms with Gasteiger partial charge in [0.1, 0.15) is 0 Å². The van der Waals surface area contributed by atoms with E-state index in [9.17, 15) is 4.79 Å². The zero-order valence-corrected chi connectivity index (χ0v) is 14.2. The van der Waals surface area contributed by atoms with E-state index in [4.69, 9.17) is 16.3 Å². The summed E-state index contributed by atoms with van der Waals surface area (Å²) in [5.74, 6) is 0.535. The minimum atomic E-state index is -0.0849. The van der Waals surface area contributed by atoms with E-state index < -0.39 is 0 Å². The van der Waals surface area contributed by atoms with Crippen molar-refractivity contribution in [3.63, 3.8) is 0 Å². The molecule has 1 aromatic carbocycles. The van der Waals surface area contributed by atoms with Crippen LogP contribution in [0.15, 0.2) is 24.3 Å². The summed E-state index contributed by atoms with van der Waals surface area (Å²) in [6.45, 7) is 2.66. The molecule has 2 N–H and O–H groups in total. The van der Waals surface area contributed by atoms with Crippen molar-refractivity contribution < 1.29 is 9.53 Å². The number of benzene rings is 1. The molecule has 4 nitrogen and oxygen atoms in total. The van der Waals surface area contributed by atoms with Crippen LogP contribution in [-0.2, 0) is 15.1 Å². The molecule has 0 radical (unpaired) electrons. The van der Waals surface area contributed by atoms with Crippen molar-refractivity contribution in [2.75, 3.05) is 26.3 Å². The number of rotatable bonds is 6. The molecule has 1 aliphatic heterocycles. The molecule has 1 saturated heterocycles. The number of hydrogen-bond donors (Lipinski definition) is 2. The summed E-state index contributed by atoms with van der Waals surface area (Å²) in [5, 5.41) is 7.29. The molecule has 1 aromatic rings. The fourth-order valence-corrected chi connectivity index (χ4v) is 3.76. The fourth-order valence-electron chi connectivity index (χ4n) is 3.63. The summed E-state index contributed by atoms with van der Waals surface area (Å²) in [7, 11) is 0. The Labute approximate surface area is 142 Å². The lowest BCUT2D eigenvalue weighted by Gasteiger charge is -2.31. The lowest BCUT2D eigenvalue weighted by molar-refractivity contribution is -0.120. The molecule has 0 unspecified atom stereocenters. The van der Waals surface area contributed by atoms with Gasteiger partial charge in [-0.15, -0.1) is 0 Å². The summed E-state index contributed by atoms with van der Waals surface area (Å²) < 4.78 is 5.34. The number of nitrogens with one attached hydrogen (secondary N) is 2. The van der Waals surface area contributed by atoms with Crippen molar-refractivity contribution in [3.8, 4) is 0 Å². The van der Waals surface area contributed by atoms with Gasteiger partial charge in [-0.2, -0.15) is 0 Å². The SMILES string of the molecule is O=C(CNC1(c2ccc(Cl)cc2)CCCC1)NC[C@H]1CCOC1. The van der Waals surface area contributed by atoms with Crippen LogP contribution in [-0.4, -0.2) is 32.2 Å². The molecule has 0 aromatic heterocycles. The zero-order chi connectivity index (χ0) is 16.1. The van der Waals surface area contributed by atoms with Gasteiger partial charge in [0.25, 0.3) is 0 Å². The molecule has 0 bridgehead atoms. The van der Waals surface area contributed by atoms with Gasteiger partial charge in [0.05, 0.1) is 13.2 Å². The van der Waals surface area contributed by atoms with E-state index in [1.807, 2.05) is 12.1 Å². The first kappa shape index (κ1) is 16.7. The average molecular weight is 337 g/mol. The average Bonchev–Trinajstić information content (AvgIpc) is 3.24. The van der Waals surface area contributed by atoms with Crippen LogP contribution in [0.25, 0.3) is 0 Å². The van der Waals surface area contributed by atoms with Gasteiger partial charge in [-0.3, -0.25) is 10.1 Å². The van der Waals surface area contributed by atoms with E-state index in [0.29, 0.717) is 19.0 Å². The van der Waals surface area contributed by atoms with Gasteiger partial charge in [0.2, 0.25) is 5.91 Å². The van der Waals surface area contributed by atoms with Gasteiger partial charge >= 0.3 is 0 Å². The highest BCUT2D eigenvalue weighted by Crippen LogP contribution is 2.38.